The number of furan rings is 1. The molecule has 44 heavy (non-hydrogen) atoms. The second-order valence-electron chi connectivity index (χ2n) is 10.8. The number of pyridine rings is 1. The minimum absolute atomic E-state index is 0.664. The van der Waals surface area contributed by atoms with Gasteiger partial charge in [0.15, 0.2) is 5.82 Å². The molecule has 9 rings (SSSR count). The zero-order valence-electron chi connectivity index (χ0n) is 23.4. The van der Waals surface area contributed by atoms with Crippen LogP contribution in [0.15, 0.2) is 144 Å². The van der Waals surface area contributed by atoms with Crippen molar-refractivity contribution in [2.75, 3.05) is 0 Å². The Morgan fingerprint density at radius 3 is 2.16 bits per heavy atom. The average molecular weight is 582 g/mol. The second kappa shape index (κ2) is 9.97. The summed E-state index contributed by atoms with van der Waals surface area (Å²) < 4.78 is 8.78. The Balaban J connectivity index is 1.24. The van der Waals surface area contributed by atoms with Gasteiger partial charge in [-0.1, -0.05) is 78.9 Å². The lowest BCUT2D eigenvalue weighted by Gasteiger charge is -2.12. The van der Waals surface area contributed by atoms with E-state index in [0.717, 1.165) is 61.3 Å². The highest BCUT2D eigenvalue weighted by molar-refractivity contribution is 7.25. The van der Waals surface area contributed by atoms with Crippen LogP contribution < -0.4 is 0 Å². The van der Waals surface area contributed by atoms with E-state index in [0.29, 0.717) is 5.82 Å². The maximum atomic E-state index is 6.23. The van der Waals surface area contributed by atoms with Crippen molar-refractivity contribution in [3.8, 4) is 45.2 Å². The molecular weight excluding hydrogens is 559 g/mol. The van der Waals surface area contributed by atoms with Crippen molar-refractivity contribution in [2.45, 2.75) is 0 Å². The minimum Gasteiger partial charge on any atom is -0.456 e. The molecule has 0 saturated heterocycles. The van der Waals surface area contributed by atoms with Crippen LogP contribution in [0.5, 0.6) is 0 Å². The Hall–Kier alpha value is -5.65. The highest BCUT2D eigenvalue weighted by atomic mass is 32.1. The lowest BCUT2D eigenvalue weighted by molar-refractivity contribution is 0.669. The summed E-state index contributed by atoms with van der Waals surface area (Å²) in [5.41, 5.74) is 8.18. The maximum Gasteiger partial charge on any atom is 0.160 e. The molecule has 4 nitrogen and oxygen atoms in total. The monoisotopic (exact) mass is 581 g/mol. The molecule has 4 aromatic heterocycles. The number of aromatic nitrogens is 3. The molecule has 0 atom stereocenters. The fourth-order valence-corrected chi connectivity index (χ4v) is 7.14. The highest BCUT2D eigenvalue weighted by Gasteiger charge is 2.17. The smallest absolute Gasteiger partial charge is 0.160 e. The third kappa shape index (κ3) is 4.09. The molecule has 206 valence electrons. The number of hydrogen-bond acceptors (Lipinski definition) is 5. The van der Waals surface area contributed by atoms with Crippen LogP contribution in [0.3, 0.4) is 0 Å². The summed E-state index contributed by atoms with van der Waals surface area (Å²) in [4.78, 5) is 15.1. The van der Waals surface area contributed by atoms with Crippen LogP contribution in [0, 0.1) is 0 Å². The lowest BCUT2D eigenvalue weighted by Crippen LogP contribution is -1.98. The first-order valence-electron chi connectivity index (χ1n) is 14.5. The molecule has 0 spiro atoms. The van der Waals surface area contributed by atoms with Crippen molar-refractivity contribution >= 4 is 53.4 Å². The van der Waals surface area contributed by atoms with Crippen molar-refractivity contribution in [3.63, 3.8) is 0 Å². The van der Waals surface area contributed by atoms with Gasteiger partial charge in [0.25, 0.3) is 0 Å². The van der Waals surface area contributed by atoms with E-state index in [1.54, 1.807) is 0 Å². The van der Waals surface area contributed by atoms with Crippen molar-refractivity contribution in [2.24, 2.45) is 0 Å². The van der Waals surface area contributed by atoms with E-state index in [4.69, 9.17) is 19.4 Å². The van der Waals surface area contributed by atoms with Crippen LogP contribution in [0.1, 0.15) is 0 Å². The predicted molar refractivity (Wildman–Crippen MR) is 182 cm³/mol. The molecule has 0 unspecified atom stereocenters. The number of thiophene rings is 1. The fraction of sp³-hybridized carbons (Fsp3) is 0. The van der Waals surface area contributed by atoms with Crippen LogP contribution in [0.4, 0.5) is 0 Å². The van der Waals surface area contributed by atoms with Crippen LogP contribution in [0.25, 0.3) is 87.3 Å². The van der Waals surface area contributed by atoms with Gasteiger partial charge >= 0.3 is 0 Å². The average Bonchev–Trinajstić information content (AvgIpc) is 3.66. The van der Waals surface area contributed by atoms with Crippen LogP contribution in [-0.4, -0.2) is 15.0 Å². The van der Waals surface area contributed by atoms with Crippen molar-refractivity contribution in [1.82, 2.24) is 15.0 Å². The van der Waals surface area contributed by atoms with Gasteiger partial charge in [-0.25, -0.2) is 9.97 Å². The van der Waals surface area contributed by atoms with Gasteiger partial charge in [0, 0.05) is 59.4 Å². The molecule has 0 amide bonds. The molecule has 0 N–H and O–H groups in total. The molecule has 5 heteroatoms. The van der Waals surface area contributed by atoms with Crippen LogP contribution >= 0.6 is 11.3 Å². The second-order valence-corrected chi connectivity index (χ2v) is 11.9. The Kier molecular flexibility index (Phi) is 5.64. The Morgan fingerprint density at radius 2 is 1.23 bits per heavy atom. The summed E-state index contributed by atoms with van der Waals surface area (Å²) >= 11 is 1.82. The summed E-state index contributed by atoms with van der Waals surface area (Å²) in [5.74, 6) is 0.664. The SMILES string of the molecule is c1ccc(-c2nc(-c3ccc4c(c3)oc3ccccc34)cc(-c3cccnc3-c3ccc4sc5ccccc5c4c3)n2)cc1. The van der Waals surface area contributed by atoms with Crippen LogP contribution in [-0.2, 0) is 0 Å². The highest BCUT2D eigenvalue weighted by Crippen LogP contribution is 2.39. The summed E-state index contributed by atoms with van der Waals surface area (Å²) in [6.45, 7) is 0. The maximum absolute atomic E-state index is 6.23. The van der Waals surface area contributed by atoms with E-state index < -0.39 is 0 Å². The number of nitrogens with zero attached hydrogens (tertiary/aromatic N) is 3. The van der Waals surface area contributed by atoms with E-state index in [-0.39, 0.29) is 0 Å². The predicted octanol–water partition coefficient (Wildman–Crippen LogP) is 10.8. The van der Waals surface area contributed by atoms with E-state index in [1.165, 1.54) is 20.2 Å². The summed E-state index contributed by atoms with van der Waals surface area (Å²) in [7, 11) is 0. The number of benzene rings is 5. The van der Waals surface area contributed by atoms with Gasteiger partial charge in [-0.05, 0) is 54.6 Å². The van der Waals surface area contributed by atoms with E-state index in [9.17, 15) is 0 Å². The summed E-state index contributed by atoms with van der Waals surface area (Å²) in [5, 5.41) is 4.71. The van der Waals surface area contributed by atoms with Gasteiger partial charge in [0.1, 0.15) is 11.2 Å². The first-order chi connectivity index (χ1) is 21.8. The van der Waals surface area contributed by atoms with Gasteiger partial charge in [-0.3, -0.25) is 4.98 Å². The van der Waals surface area contributed by atoms with Gasteiger partial charge in [-0.2, -0.15) is 0 Å². The van der Waals surface area contributed by atoms with Crippen molar-refractivity contribution < 1.29 is 4.42 Å². The molecule has 0 bridgehead atoms. The molecular formula is C39H23N3OS. The quantitative estimate of drug-likeness (QED) is 0.207. The van der Waals surface area contributed by atoms with Crippen LogP contribution in [0.2, 0.25) is 0 Å². The molecule has 0 fully saturated rings. The molecule has 0 aliphatic heterocycles. The Morgan fingerprint density at radius 1 is 0.477 bits per heavy atom. The number of para-hydroxylation sites is 1. The first kappa shape index (κ1) is 24.9. The summed E-state index contributed by atoms with van der Waals surface area (Å²) in [6.07, 6.45) is 1.85. The van der Waals surface area contributed by atoms with Crippen molar-refractivity contribution in [3.05, 3.63) is 140 Å². The zero-order chi connectivity index (χ0) is 29.0. The molecule has 5 aromatic carbocycles. The number of fused-ring (bicyclic) bond motifs is 6. The standard InChI is InChI=1S/C39H23N3OS/c1-2-9-24(10-3-1)39-41-32(25-16-18-28-27-11-4-6-14-34(27)43-35(28)22-25)23-33(42-39)30-13-8-20-40-38(30)26-17-19-37-31(21-26)29-12-5-7-15-36(29)44-37/h1-23H. The molecule has 0 saturated carbocycles. The van der Waals surface area contributed by atoms with Crippen molar-refractivity contribution in [1.29, 1.82) is 0 Å². The fourth-order valence-electron chi connectivity index (χ4n) is 6.05. The number of hydrogen-bond donors (Lipinski definition) is 0. The largest absolute Gasteiger partial charge is 0.456 e. The Bertz CT molecular complexity index is 2510. The summed E-state index contributed by atoms with van der Waals surface area (Å²) in [6, 6.07) is 45.9. The lowest BCUT2D eigenvalue weighted by atomic mass is 9.99. The molecule has 0 aliphatic rings. The van der Waals surface area contributed by atoms with Gasteiger partial charge < -0.3 is 4.42 Å². The van der Waals surface area contributed by atoms with Gasteiger partial charge in [0.05, 0.1) is 17.1 Å². The minimum atomic E-state index is 0.664. The number of rotatable bonds is 4. The molecule has 9 aromatic rings. The third-order valence-corrected chi connectivity index (χ3v) is 9.32. The topological polar surface area (TPSA) is 51.8 Å². The van der Waals surface area contributed by atoms with Gasteiger partial charge in [0.2, 0.25) is 0 Å². The van der Waals surface area contributed by atoms with E-state index >= 15 is 0 Å². The first-order valence-corrected chi connectivity index (χ1v) is 15.3. The zero-order valence-corrected chi connectivity index (χ0v) is 24.3. The molecule has 0 radical (unpaired) electrons. The molecule has 0 aliphatic carbocycles. The Labute approximate surface area is 256 Å². The molecule has 4 heterocycles. The van der Waals surface area contributed by atoms with E-state index in [1.807, 2.05) is 72.1 Å². The van der Waals surface area contributed by atoms with Gasteiger partial charge in [-0.15, -0.1) is 11.3 Å². The van der Waals surface area contributed by atoms with E-state index in [2.05, 4.69) is 78.9 Å². The normalized spacial score (nSPS) is 11.6. The third-order valence-electron chi connectivity index (χ3n) is 8.17.